The van der Waals surface area contributed by atoms with Crippen molar-refractivity contribution in [3.05, 3.63) is 106 Å². The maximum absolute atomic E-state index is 2.55. The minimum Gasteiger partial charge on any atom is -0.0622 e. The molecule has 1 aliphatic rings. The van der Waals surface area contributed by atoms with E-state index in [4.69, 9.17) is 0 Å². The zero-order chi connectivity index (χ0) is 25.8. The molecule has 0 aromatic heterocycles. The molecule has 1 aliphatic heterocycles. The van der Waals surface area contributed by atoms with Crippen molar-refractivity contribution < 1.29 is 0 Å². The minimum absolute atomic E-state index is 0.0997. The van der Waals surface area contributed by atoms with Crippen LogP contribution in [-0.4, -0.2) is 6.66 Å². The zero-order valence-electron chi connectivity index (χ0n) is 23.3. The molecule has 2 unspecified atom stereocenters. The first kappa shape index (κ1) is 26.3. The Balaban J connectivity index is 2.04. The van der Waals surface area contributed by atoms with Crippen molar-refractivity contribution in [3.8, 4) is 0 Å². The molecule has 0 spiro atoms. The summed E-state index contributed by atoms with van der Waals surface area (Å²) in [6.07, 6.45) is 0. The molecule has 1 fully saturated rings. The smallest absolute Gasteiger partial charge is 0.000278 e. The molecule has 0 nitrogen and oxygen atoms in total. The van der Waals surface area contributed by atoms with E-state index in [-0.39, 0.29) is 31.5 Å². The van der Waals surface area contributed by atoms with Gasteiger partial charge in [0.15, 0.2) is 0 Å². The molecule has 3 aromatic rings. The molecular formula is C33H42P2. The van der Waals surface area contributed by atoms with Crippen LogP contribution >= 0.6 is 15.2 Å². The Morgan fingerprint density at radius 1 is 0.571 bits per heavy atom. The van der Waals surface area contributed by atoms with Crippen LogP contribution in [0.15, 0.2) is 77.9 Å². The van der Waals surface area contributed by atoms with Crippen LogP contribution in [-0.2, 0) is 16.2 Å². The molecular weight excluding hydrogens is 458 g/mol. The van der Waals surface area contributed by atoms with Crippen LogP contribution in [0, 0.1) is 0 Å². The van der Waals surface area contributed by atoms with E-state index in [9.17, 15) is 0 Å². The van der Waals surface area contributed by atoms with Gasteiger partial charge in [0.2, 0.25) is 0 Å². The van der Waals surface area contributed by atoms with Gasteiger partial charge in [-0.2, -0.15) is 0 Å². The highest BCUT2D eigenvalue weighted by Crippen LogP contribution is 2.98. The van der Waals surface area contributed by atoms with E-state index in [1.165, 1.54) is 22.3 Å². The molecule has 0 saturated carbocycles. The van der Waals surface area contributed by atoms with Gasteiger partial charge in [-0.05, 0) is 81.9 Å². The molecule has 0 aliphatic carbocycles. The number of rotatable bonds is 3. The Hall–Kier alpha value is -1.74. The largest absolute Gasteiger partial charge is 0.0622 e. The molecule has 1 heterocycles. The highest BCUT2D eigenvalue weighted by molar-refractivity contribution is 8.54. The van der Waals surface area contributed by atoms with E-state index in [1.807, 2.05) is 0 Å². The Morgan fingerprint density at radius 2 is 0.971 bits per heavy atom. The standard InChI is InChI=1S/C33H42P2/c1-31(2,3)25-21-26(32(4,5)6)29(27(22-25)33(7,8)9)35-30(34(35)10)28(23-17-13-11-14-18-23)24-19-15-12-16-20-24/h11-22H,1-10H3. The first-order chi connectivity index (χ1) is 16.2. The molecule has 1 saturated heterocycles. The third-order valence-electron chi connectivity index (χ3n) is 6.92. The highest BCUT2D eigenvalue weighted by atomic mass is 32.1. The lowest BCUT2D eigenvalue weighted by molar-refractivity contribution is 0.554. The third kappa shape index (κ3) is 5.36. The van der Waals surface area contributed by atoms with Gasteiger partial charge in [-0.25, -0.2) is 0 Å². The summed E-state index contributed by atoms with van der Waals surface area (Å²) in [5, 5.41) is 3.38. The second-order valence-electron chi connectivity index (χ2n) is 12.9. The van der Waals surface area contributed by atoms with E-state index in [1.54, 1.807) is 21.5 Å². The van der Waals surface area contributed by atoms with Crippen LogP contribution in [0.4, 0.5) is 0 Å². The maximum atomic E-state index is 2.55. The van der Waals surface area contributed by atoms with Gasteiger partial charge in [-0.15, -0.1) is 0 Å². The second kappa shape index (κ2) is 9.29. The Bertz CT molecular complexity index is 1150. The van der Waals surface area contributed by atoms with Gasteiger partial charge in [0.05, 0.1) is 0 Å². The topological polar surface area (TPSA) is 0 Å². The van der Waals surface area contributed by atoms with Crippen LogP contribution in [0.2, 0.25) is 0 Å². The SMILES string of the molecule is CP1C(=C(c2ccccc2)c2ccccc2)P1c1c(C(C)(C)C)cc(C(C)(C)C)cc1C(C)(C)C. The first-order valence-electron chi connectivity index (χ1n) is 12.8. The molecule has 0 amide bonds. The summed E-state index contributed by atoms with van der Waals surface area (Å²) in [4.78, 5) is 0. The predicted octanol–water partition coefficient (Wildman–Crippen LogP) is 10.1. The van der Waals surface area contributed by atoms with E-state index in [0.717, 1.165) is 0 Å². The van der Waals surface area contributed by atoms with Crippen molar-refractivity contribution in [2.45, 2.75) is 78.6 Å². The maximum Gasteiger partial charge on any atom is -0.000278 e. The average molecular weight is 501 g/mol. The molecule has 0 N–H and O–H groups in total. The minimum atomic E-state index is -0.331. The van der Waals surface area contributed by atoms with Crippen molar-refractivity contribution in [2.75, 3.05) is 6.66 Å². The van der Waals surface area contributed by atoms with Crippen molar-refractivity contribution in [2.24, 2.45) is 0 Å². The fourth-order valence-electron chi connectivity index (χ4n) is 4.81. The molecule has 0 bridgehead atoms. The van der Waals surface area contributed by atoms with Crippen molar-refractivity contribution in [1.29, 1.82) is 0 Å². The fraction of sp³-hybridized carbons (Fsp3) is 0.394. The molecule has 184 valence electrons. The van der Waals surface area contributed by atoms with E-state index in [0.29, 0.717) is 0 Å². The van der Waals surface area contributed by atoms with Gasteiger partial charge in [-0.1, -0.05) is 135 Å². The Morgan fingerprint density at radius 3 is 1.31 bits per heavy atom. The molecule has 3 aromatic carbocycles. The molecule has 2 atom stereocenters. The second-order valence-corrected chi connectivity index (χ2v) is 19.3. The summed E-state index contributed by atoms with van der Waals surface area (Å²) < 4.78 is 0. The highest BCUT2D eigenvalue weighted by Gasteiger charge is 2.48. The molecule has 4 rings (SSSR count). The third-order valence-corrected chi connectivity index (χ3v) is 14.0. The summed E-state index contributed by atoms with van der Waals surface area (Å²) in [7, 11) is -0.511. The quantitative estimate of drug-likeness (QED) is 0.314. The van der Waals surface area contributed by atoms with Gasteiger partial charge in [0.1, 0.15) is 0 Å². The molecule has 2 heteroatoms. The van der Waals surface area contributed by atoms with Crippen molar-refractivity contribution in [1.82, 2.24) is 0 Å². The number of hydrogen-bond donors (Lipinski definition) is 0. The average Bonchev–Trinajstić information content (AvgIpc) is 3.42. The van der Waals surface area contributed by atoms with Crippen molar-refractivity contribution in [3.63, 3.8) is 0 Å². The summed E-state index contributed by atoms with van der Waals surface area (Å²) >= 11 is 0. The van der Waals surface area contributed by atoms with Crippen LogP contribution in [0.3, 0.4) is 0 Å². The normalized spacial score (nSPS) is 18.5. The van der Waals surface area contributed by atoms with Gasteiger partial charge in [0.25, 0.3) is 0 Å². The molecule has 0 radical (unpaired) electrons. The Labute approximate surface area is 216 Å². The fourth-order valence-corrected chi connectivity index (χ4v) is 13.0. The Kier molecular flexibility index (Phi) is 6.99. The number of benzene rings is 3. The van der Waals surface area contributed by atoms with Gasteiger partial charge >= 0.3 is 0 Å². The first-order valence-corrected chi connectivity index (χ1v) is 16.6. The summed E-state index contributed by atoms with van der Waals surface area (Å²) in [5.74, 6) is 0. The lowest BCUT2D eigenvalue weighted by Crippen LogP contribution is -2.30. The van der Waals surface area contributed by atoms with Crippen LogP contribution in [0.25, 0.3) is 5.57 Å². The van der Waals surface area contributed by atoms with E-state index >= 15 is 0 Å². The van der Waals surface area contributed by atoms with E-state index < -0.39 is 0 Å². The van der Waals surface area contributed by atoms with Gasteiger partial charge in [-0.3, -0.25) is 0 Å². The van der Waals surface area contributed by atoms with Crippen LogP contribution < -0.4 is 5.30 Å². The van der Waals surface area contributed by atoms with Crippen LogP contribution in [0.1, 0.15) is 90.1 Å². The predicted molar refractivity (Wildman–Crippen MR) is 161 cm³/mol. The van der Waals surface area contributed by atoms with Crippen LogP contribution in [0.5, 0.6) is 0 Å². The lowest BCUT2D eigenvalue weighted by Gasteiger charge is -2.33. The zero-order valence-corrected chi connectivity index (χ0v) is 25.1. The van der Waals surface area contributed by atoms with E-state index in [2.05, 4.69) is 142 Å². The van der Waals surface area contributed by atoms with Crippen molar-refractivity contribution >= 4 is 26.1 Å². The van der Waals surface area contributed by atoms with Gasteiger partial charge in [0, 0.05) is 0 Å². The van der Waals surface area contributed by atoms with Gasteiger partial charge < -0.3 is 0 Å². The monoisotopic (exact) mass is 500 g/mol. The number of hydrogen-bond acceptors (Lipinski definition) is 0. The molecule has 35 heavy (non-hydrogen) atoms. The lowest BCUT2D eigenvalue weighted by atomic mass is 9.75. The summed E-state index contributed by atoms with van der Waals surface area (Å²) in [6.45, 7) is 24.0. The summed E-state index contributed by atoms with van der Waals surface area (Å²) in [6, 6.07) is 27.3. The summed E-state index contributed by atoms with van der Waals surface area (Å²) in [5.41, 5.74) is 9.10.